The second-order valence-electron chi connectivity index (χ2n) is 4.86. The van der Waals surface area contributed by atoms with Gasteiger partial charge in [-0.2, -0.15) is 0 Å². The van der Waals surface area contributed by atoms with Gasteiger partial charge in [-0.25, -0.2) is 0 Å². The number of hydrogen-bond acceptors (Lipinski definition) is 3. The van der Waals surface area contributed by atoms with Gasteiger partial charge in [-0.3, -0.25) is 0 Å². The van der Waals surface area contributed by atoms with Gasteiger partial charge in [0.05, 0.1) is 18.2 Å². The van der Waals surface area contributed by atoms with Gasteiger partial charge in [0.2, 0.25) is 0 Å². The smallest absolute Gasteiger partial charge is 0.137 e. The van der Waals surface area contributed by atoms with Gasteiger partial charge in [0.1, 0.15) is 11.5 Å². The molecule has 0 aliphatic carbocycles. The van der Waals surface area contributed by atoms with Crippen LogP contribution in [0.4, 0.5) is 5.69 Å². The molecule has 0 aromatic heterocycles. The van der Waals surface area contributed by atoms with E-state index in [4.69, 9.17) is 26.8 Å². The molecule has 0 saturated carbocycles. The molecule has 0 saturated heterocycles. The summed E-state index contributed by atoms with van der Waals surface area (Å²) in [5.41, 5.74) is 7.56. The van der Waals surface area contributed by atoms with Crippen molar-refractivity contribution in [1.82, 2.24) is 0 Å². The third kappa shape index (κ3) is 4.87. The van der Waals surface area contributed by atoms with Gasteiger partial charge in [-0.15, -0.1) is 0 Å². The summed E-state index contributed by atoms with van der Waals surface area (Å²) < 4.78 is 11.4. The Kier molecular flexibility index (Phi) is 5.76. The van der Waals surface area contributed by atoms with Crippen LogP contribution < -0.4 is 15.2 Å². The van der Waals surface area contributed by atoms with Crippen molar-refractivity contribution in [1.29, 1.82) is 0 Å². The summed E-state index contributed by atoms with van der Waals surface area (Å²) >= 11 is 6.02. The molecule has 2 aromatic carbocycles. The molecule has 0 atom stereocenters. The Morgan fingerprint density at radius 1 is 0.952 bits per heavy atom. The summed E-state index contributed by atoms with van der Waals surface area (Å²) in [5, 5.41) is 0.643. The van der Waals surface area contributed by atoms with Crippen LogP contribution in [-0.4, -0.2) is 13.2 Å². The lowest BCUT2D eigenvalue weighted by Gasteiger charge is -2.10. The zero-order chi connectivity index (χ0) is 15.1. The fraction of sp³-hybridized carbons (Fsp3) is 0.294. The summed E-state index contributed by atoms with van der Waals surface area (Å²) in [7, 11) is 0. The Morgan fingerprint density at radius 3 is 2.33 bits per heavy atom. The molecule has 0 unspecified atom stereocenters. The van der Waals surface area contributed by atoms with Gasteiger partial charge >= 0.3 is 0 Å². The Bertz CT molecular complexity index is 587. The monoisotopic (exact) mass is 305 g/mol. The number of para-hydroxylation sites is 1. The molecule has 112 valence electrons. The van der Waals surface area contributed by atoms with Gasteiger partial charge in [0.25, 0.3) is 0 Å². The molecule has 21 heavy (non-hydrogen) atoms. The predicted octanol–water partition coefficient (Wildman–Crippen LogP) is 4.47. The first-order valence-electron chi connectivity index (χ1n) is 7.03. The summed E-state index contributed by atoms with van der Waals surface area (Å²) in [6.45, 7) is 3.29. The van der Waals surface area contributed by atoms with E-state index in [1.165, 1.54) is 0 Å². The number of nitrogens with two attached hydrogens (primary N) is 1. The Balaban J connectivity index is 1.66. The molecule has 2 aromatic rings. The number of unbranched alkanes of at least 4 members (excludes halogenated alkanes) is 1. The number of anilines is 1. The molecule has 3 nitrogen and oxygen atoms in total. The average Bonchev–Trinajstić information content (AvgIpc) is 2.48. The standard InChI is InChI=1S/C17H20ClNO2/c1-13-8-9-14(19)12-17(13)21-11-5-4-10-20-16-7-3-2-6-15(16)18/h2-3,6-9,12H,4-5,10-11,19H2,1H3. The number of nitrogen functional groups attached to an aromatic ring is 1. The first-order chi connectivity index (χ1) is 10.2. The van der Waals surface area contributed by atoms with Gasteiger partial charge < -0.3 is 15.2 Å². The van der Waals surface area contributed by atoms with Crippen LogP contribution in [0.15, 0.2) is 42.5 Å². The molecule has 0 radical (unpaired) electrons. The molecule has 0 aliphatic rings. The molecule has 0 heterocycles. The maximum Gasteiger partial charge on any atom is 0.137 e. The average molecular weight is 306 g/mol. The second kappa shape index (κ2) is 7.79. The molecular weight excluding hydrogens is 286 g/mol. The first kappa shape index (κ1) is 15.5. The number of halogens is 1. The number of benzene rings is 2. The molecule has 0 spiro atoms. The lowest BCUT2D eigenvalue weighted by molar-refractivity contribution is 0.266. The van der Waals surface area contributed by atoms with E-state index in [9.17, 15) is 0 Å². The molecule has 4 heteroatoms. The van der Waals surface area contributed by atoms with E-state index in [2.05, 4.69) is 0 Å². The molecule has 0 fully saturated rings. The van der Waals surface area contributed by atoms with Crippen molar-refractivity contribution in [3.05, 3.63) is 53.1 Å². The van der Waals surface area contributed by atoms with E-state index in [-0.39, 0.29) is 0 Å². The zero-order valence-electron chi connectivity index (χ0n) is 12.1. The molecule has 2 N–H and O–H groups in total. The van der Waals surface area contributed by atoms with Crippen LogP contribution >= 0.6 is 11.6 Å². The van der Waals surface area contributed by atoms with Gasteiger partial charge in [-0.1, -0.05) is 29.8 Å². The van der Waals surface area contributed by atoms with Crippen molar-refractivity contribution < 1.29 is 9.47 Å². The quantitative estimate of drug-likeness (QED) is 0.606. The maximum atomic E-state index is 6.02. The lowest BCUT2D eigenvalue weighted by Crippen LogP contribution is -2.03. The van der Waals surface area contributed by atoms with E-state index in [1.54, 1.807) is 0 Å². The van der Waals surface area contributed by atoms with E-state index < -0.39 is 0 Å². The molecular formula is C17H20ClNO2. The maximum absolute atomic E-state index is 6.02. The van der Waals surface area contributed by atoms with Crippen LogP contribution in [0.5, 0.6) is 11.5 Å². The molecule has 0 aliphatic heterocycles. The minimum Gasteiger partial charge on any atom is -0.493 e. The first-order valence-corrected chi connectivity index (χ1v) is 7.41. The second-order valence-corrected chi connectivity index (χ2v) is 5.27. The van der Waals surface area contributed by atoms with Crippen molar-refractivity contribution in [3.63, 3.8) is 0 Å². The van der Waals surface area contributed by atoms with Gasteiger partial charge in [0, 0.05) is 11.8 Å². The highest BCUT2D eigenvalue weighted by molar-refractivity contribution is 6.32. The normalized spacial score (nSPS) is 10.4. The van der Waals surface area contributed by atoms with Crippen LogP contribution in [-0.2, 0) is 0 Å². The fourth-order valence-electron chi connectivity index (χ4n) is 1.90. The minimum atomic E-state index is 0.628. The van der Waals surface area contributed by atoms with E-state index >= 15 is 0 Å². The van der Waals surface area contributed by atoms with Crippen LogP contribution in [0.2, 0.25) is 5.02 Å². The predicted molar refractivity (Wildman–Crippen MR) is 87.3 cm³/mol. The van der Waals surface area contributed by atoms with E-state index in [1.807, 2.05) is 49.4 Å². The number of hydrogen-bond donors (Lipinski definition) is 1. The summed E-state index contributed by atoms with van der Waals surface area (Å²) in [6.07, 6.45) is 1.82. The topological polar surface area (TPSA) is 44.5 Å². The van der Waals surface area contributed by atoms with Crippen LogP contribution in [0, 0.1) is 6.92 Å². The van der Waals surface area contributed by atoms with Crippen molar-refractivity contribution in [2.45, 2.75) is 19.8 Å². The summed E-state index contributed by atoms with van der Waals surface area (Å²) in [5.74, 6) is 1.58. The Labute approximate surface area is 130 Å². The largest absolute Gasteiger partial charge is 0.493 e. The molecule has 2 rings (SSSR count). The third-order valence-electron chi connectivity index (χ3n) is 3.10. The van der Waals surface area contributed by atoms with Crippen molar-refractivity contribution in [3.8, 4) is 11.5 Å². The van der Waals surface area contributed by atoms with E-state index in [0.29, 0.717) is 18.2 Å². The fourth-order valence-corrected chi connectivity index (χ4v) is 2.09. The third-order valence-corrected chi connectivity index (χ3v) is 3.41. The summed E-state index contributed by atoms with van der Waals surface area (Å²) in [4.78, 5) is 0. The highest BCUT2D eigenvalue weighted by Gasteiger charge is 2.01. The van der Waals surface area contributed by atoms with Crippen molar-refractivity contribution in [2.75, 3.05) is 18.9 Å². The van der Waals surface area contributed by atoms with Gasteiger partial charge in [0.15, 0.2) is 0 Å². The number of aryl methyl sites for hydroxylation is 1. The van der Waals surface area contributed by atoms with Crippen LogP contribution in [0.3, 0.4) is 0 Å². The lowest BCUT2D eigenvalue weighted by atomic mass is 10.2. The van der Waals surface area contributed by atoms with Crippen molar-refractivity contribution in [2.24, 2.45) is 0 Å². The highest BCUT2D eigenvalue weighted by Crippen LogP contribution is 2.23. The molecule has 0 amide bonds. The van der Waals surface area contributed by atoms with Gasteiger partial charge in [-0.05, 0) is 43.5 Å². The molecule has 0 bridgehead atoms. The van der Waals surface area contributed by atoms with Crippen LogP contribution in [0.25, 0.3) is 0 Å². The highest BCUT2D eigenvalue weighted by atomic mass is 35.5. The number of ether oxygens (including phenoxy) is 2. The van der Waals surface area contributed by atoms with Crippen LogP contribution in [0.1, 0.15) is 18.4 Å². The number of rotatable bonds is 7. The Hall–Kier alpha value is -1.87. The SMILES string of the molecule is Cc1ccc(N)cc1OCCCCOc1ccccc1Cl. The van der Waals surface area contributed by atoms with Crippen molar-refractivity contribution >= 4 is 17.3 Å². The zero-order valence-corrected chi connectivity index (χ0v) is 12.9. The Morgan fingerprint density at radius 2 is 1.62 bits per heavy atom. The minimum absolute atomic E-state index is 0.628. The van der Waals surface area contributed by atoms with E-state index in [0.717, 1.165) is 35.6 Å². The summed E-state index contributed by atoms with van der Waals surface area (Å²) in [6, 6.07) is 13.2.